The molecule has 33 heavy (non-hydrogen) atoms. The lowest BCUT2D eigenvalue weighted by Gasteiger charge is -2.39. The summed E-state index contributed by atoms with van der Waals surface area (Å²) in [4.78, 5) is 44.0. The number of amides is 3. The second-order valence-electron chi connectivity index (χ2n) is 9.80. The predicted molar refractivity (Wildman–Crippen MR) is 119 cm³/mol. The van der Waals surface area contributed by atoms with Crippen LogP contribution in [0.5, 0.6) is 0 Å². The molecule has 4 fully saturated rings. The zero-order valence-electron chi connectivity index (χ0n) is 19.9. The van der Waals surface area contributed by atoms with Crippen molar-refractivity contribution in [1.29, 1.82) is 0 Å². The number of carbonyl (C=O) groups excluding carboxylic acids is 3. The minimum Gasteiger partial charge on any atom is -0.394 e. The molecule has 4 aliphatic heterocycles. The van der Waals surface area contributed by atoms with Gasteiger partial charge in [0.2, 0.25) is 17.7 Å². The van der Waals surface area contributed by atoms with Gasteiger partial charge in [-0.2, -0.15) is 0 Å². The molecule has 4 saturated heterocycles. The molecule has 1 spiro atoms. The van der Waals surface area contributed by atoms with Crippen molar-refractivity contribution in [1.82, 2.24) is 20.4 Å². The van der Waals surface area contributed by atoms with Crippen LogP contribution in [0.15, 0.2) is 0 Å². The molecular formula is C23H38N4O6. The Bertz CT molecular complexity index is 759. The Balaban J connectivity index is 1.60. The maximum absolute atomic E-state index is 13.8. The maximum Gasteiger partial charge on any atom is 0.245 e. The van der Waals surface area contributed by atoms with Crippen molar-refractivity contribution in [2.45, 2.75) is 56.9 Å². The number of ether oxygens (including phenoxy) is 2. The Morgan fingerprint density at radius 2 is 2.00 bits per heavy atom. The van der Waals surface area contributed by atoms with Crippen molar-refractivity contribution >= 4 is 17.7 Å². The summed E-state index contributed by atoms with van der Waals surface area (Å²) >= 11 is 0. The van der Waals surface area contributed by atoms with Crippen molar-refractivity contribution in [2.24, 2.45) is 17.8 Å². The van der Waals surface area contributed by atoms with Gasteiger partial charge >= 0.3 is 0 Å². The molecule has 4 heterocycles. The summed E-state index contributed by atoms with van der Waals surface area (Å²) < 4.78 is 11.7. The van der Waals surface area contributed by atoms with E-state index in [9.17, 15) is 19.5 Å². The molecule has 2 unspecified atom stereocenters. The highest BCUT2D eigenvalue weighted by molar-refractivity contribution is 5.99. The van der Waals surface area contributed by atoms with Crippen molar-refractivity contribution < 1.29 is 29.0 Å². The van der Waals surface area contributed by atoms with Crippen LogP contribution >= 0.6 is 0 Å². The lowest BCUT2D eigenvalue weighted by atomic mass is 9.70. The molecule has 0 aliphatic carbocycles. The molecule has 10 nitrogen and oxygen atoms in total. The van der Waals surface area contributed by atoms with E-state index in [1.807, 2.05) is 13.8 Å². The number of nitrogens with zero attached hydrogens (tertiary/aromatic N) is 2. The van der Waals surface area contributed by atoms with Gasteiger partial charge in [-0.15, -0.1) is 0 Å². The highest BCUT2D eigenvalue weighted by Gasteiger charge is 2.75. The molecule has 7 atom stereocenters. The van der Waals surface area contributed by atoms with Crippen LogP contribution in [-0.4, -0.2) is 109 Å². The monoisotopic (exact) mass is 466 g/mol. The summed E-state index contributed by atoms with van der Waals surface area (Å²) in [5.74, 6) is -2.06. The van der Waals surface area contributed by atoms with Crippen LogP contribution in [0.25, 0.3) is 0 Å². The van der Waals surface area contributed by atoms with Crippen LogP contribution in [-0.2, 0) is 23.9 Å². The molecule has 4 rings (SSSR count). The van der Waals surface area contributed by atoms with E-state index in [1.54, 1.807) is 11.9 Å². The first-order chi connectivity index (χ1) is 15.9. The van der Waals surface area contributed by atoms with E-state index < -0.39 is 29.5 Å². The number of hydrogen-bond acceptors (Lipinski definition) is 7. The number of morpholine rings is 1. The van der Waals surface area contributed by atoms with Crippen molar-refractivity contribution in [3.05, 3.63) is 0 Å². The van der Waals surface area contributed by atoms with Crippen molar-refractivity contribution in [2.75, 3.05) is 53.0 Å². The minimum absolute atomic E-state index is 0.00604. The van der Waals surface area contributed by atoms with E-state index in [4.69, 9.17) is 9.47 Å². The number of likely N-dealkylation sites (tertiary alicyclic amines) is 1. The number of fused-ring (bicyclic) bond motifs is 1. The number of carbonyl (C=O) groups is 3. The van der Waals surface area contributed by atoms with Crippen LogP contribution in [0, 0.1) is 17.8 Å². The highest BCUT2D eigenvalue weighted by Crippen LogP contribution is 2.59. The van der Waals surface area contributed by atoms with Gasteiger partial charge in [0, 0.05) is 33.2 Å². The van der Waals surface area contributed by atoms with Crippen LogP contribution in [0.1, 0.15) is 33.1 Å². The Labute approximate surface area is 195 Å². The van der Waals surface area contributed by atoms with Crippen LogP contribution in [0.3, 0.4) is 0 Å². The smallest absolute Gasteiger partial charge is 0.245 e. The molecule has 0 aromatic heterocycles. The fraction of sp³-hybridized carbons (Fsp3) is 0.870. The quantitative estimate of drug-likeness (QED) is 0.397. The zero-order chi connectivity index (χ0) is 23.8. The predicted octanol–water partition coefficient (Wildman–Crippen LogP) is -1.04. The normalized spacial score (nSPS) is 35.4. The Kier molecular flexibility index (Phi) is 7.28. The van der Waals surface area contributed by atoms with E-state index in [0.717, 1.165) is 19.5 Å². The number of rotatable bonds is 9. The lowest BCUT2D eigenvalue weighted by molar-refractivity contribution is -0.147. The third-order valence-corrected chi connectivity index (χ3v) is 8.21. The number of nitrogens with one attached hydrogen (secondary N) is 2. The van der Waals surface area contributed by atoms with E-state index >= 15 is 0 Å². The summed E-state index contributed by atoms with van der Waals surface area (Å²) in [5.41, 5.74) is -1.02. The lowest BCUT2D eigenvalue weighted by Crippen LogP contribution is -2.59. The van der Waals surface area contributed by atoms with Crippen LogP contribution < -0.4 is 10.6 Å². The van der Waals surface area contributed by atoms with Gasteiger partial charge in [-0.25, -0.2) is 0 Å². The van der Waals surface area contributed by atoms with Gasteiger partial charge in [0.25, 0.3) is 0 Å². The van der Waals surface area contributed by atoms with Gasteiger partial charge in [-0.05, 0) is 18.8 Å². The van der Waals surface area contributed by atoms with Crippen molar-refractivity contribution in [3.8, 4) is 0 Å². The van der Waals surface area contributed by atoms with Crippen LogP contribution in [0.4, 0.5) is 0 Å². The summed E-state index contributed by atoms with van der Waals surface area (Å²) in [7, 11) is 1.56. The molecule has 0 aromatic rings. The Hall–Kier alpha value is -1.75. The van der Waals surface area contributed by atoms with E-state index in [0.29, 0.717) is 39.1 Å². The first kappa shape index (κ1) is 24.4. The molecule has 186 valence electrons. The maximum atomic E-state index is 13.8. The van der Waals surface area contributed by atoms with Gasteiger partial charge in [0.15, 0.2) is 0 Å². The van der Waals surface area contributed by atoms with Crippen LogP contribution in [0.2, 0.25) is 0 Å². The number of hydrogen-bond donors (Lipinski definition) is 3. The standard InChI is InChI=1S/C23H38N4O6/c1-4-14(2)15(13-28)27-19(21(30)25-7-8-26-9-11-32-12-10-26)23-6-5-16(33-23)17(20(29)24-3)18(23)22(27)31/h14-19,28H,4-13H2,1-3H3,(H,24,29)(H,25,30)/t14-,15-,16+,17-,18-,19?,23?/m0/s1. The van der Waals surface area contributed by atoms with Gasteiger partial charge < -0.3 is 30.1 Å². The largest absolute Gasteiger partial charge is 0.394 e. The van der Waals surface area contributed by atoms with Gasteiger partial charge in [0.1, 0.15) is 11.6 Å². The average Bonchev–Trinajstić information content (AvgIpc) is 3.47. The van der Waals surface area contributed by atoms with E-state index in [2.05, 4.69) is 15.5 Å². The summed E-state index contributed by atoms with van der Waals surface area (Å²) in [6, 6.07) is -1.36. The molecular weight excluding hydrogens is 428 g/mol. The first-order valence-electron chi connectivity index (χ1n) is 12.3. The first-order valence-corrected chi connectivity index (χ1v) is 12.3. The topological polar surface area (TPSA) is 120 Å². The molecule has 4 aliphatic rings. The van der Waals surface area contributed by atoms with Crippen molar-refractivity contribution in [3.63, 3.8) is 0 Å². The summed E-state index contributed by atoms with van der Waals surface area (Å²) in [6.07, 6.45) is 1.58. The van der Waals surface area contributed by atoms with E-state index in [-0.39, 0.29) is 36.4 Å². The summed E-state index contributed by atoms with van der Waals surface area (Å²) in [6.45, 7) is 7.92. The molecule has 3 N–H and O–H groups in total. The fourth-order valence-corrected chi connectivity index (χ4v) is 6.29. The molecule has 10 heteroatoms. The second-order valence-corrected chi connectivity index (χ2v) is 9.80. The third kappa shape index (κ3) is 4.05. The highest BCUT2D eigenvalue weighted by atomic mass is 16.5. The third-order valence-electron chi connectivity index (χ3n) is 8.21. The average molecular weight is 467 g/mol. The summed E-state index contributed by atoms with van der Waals surface area (Å²) in [5, 5.41) is 15.9. The minimum atomic E-state index is -1.02. The van der Waals surface area contributed by atoms with Gasteiger partial charge in [-0.1, -0.05) is 20.3 Å². The number of aliphatic hydroxyl groups is 1. The van der Waals surface area contributed by atoms with Gasteiger partial charge in [-0.3, -0.25) is 19.3 Å². The molecule has 0 saturated carbocycles. The Morgan fingerprint density at radius 3 is 2.64 bits per heavy atom. The van der Waals surface area contributed by atoms with Gasteiger partial charge in [0.05, 0.1) is 43.8 Å². The second kappa shape index (κ2) is 9.85. The molecule has 0 aromatic carbocycles. The fourth-order valence-electron chi connectivity index (χ4n) is 6.29. The molecule has 0 radical (unpaired) electrons. The molecule has 2 bridgehead atoms. The van der Waals surface area contributed by atoms with E-state index in [1.165, 1.54) is 0 Å². The SMILES string of the molecule is CC[C@H](C)[C@H](CO)N1C(=O)[C@@H]2[C@@H](C(=O)NC)[C@H]3CCC2(O3)C1C(=O)NCCN1CCOCC1. The Morgan fingerprint density at radius 1 is 1.27 bits per heavy atom. The molecule has 3 amide bonds. The number of aliphatic hydroxyl groups excluding tert-OH is 1. The zero-order valence-corrected chi connectivity index (χ0v) is 19.9.